The number of nitrogens with one attached hydrogen (secondary N) is 1. The molecule has 0 aliphatic carbocycles. The number of esters is 1. The van der Waals surface area contributed by atoms with Gasteiger partial charge in [0.05, 0.1) is 13.2 Å². The fourth-order valence-corrected chi connectivity index (χ4v) is 8.73. The van der Waals surface area contributed by atoms with Crippen molar-refractivity contribution in [2.45, 2.75) is 283 Å². The van der Waals surface area contributed by atoms with Gasteiger partial charge in [0.25, 0.3) is 0 Å². The first-order valence-electron chi connectivity index (χ1n) is 27.4. The van der Waals surface area contributed by atoms with Crippen LogP contribution in [0.15, 0.2) is 24.3 Å². The molecule has 0 radical (unpaired) electrons. The summed E-state index contributed by atoms with van der Waals surface area (Å²) < 4.78 is 27.0. The standard InChI is InChI=1S/C54H102NO10P/c1-3-5-7-9-11-13-15-17-19-21-23-25-27-29-31-33-35-37-39-41-43-45-52(57)55-51(54(59)60)49-65-66(61,62)64-48-50(56)47-63-53(58)46-44-42-40-38-36-34-32-30-28-26-24-22-20-18-16-14-12-10-8-6-4-2/h17-20,50-51,56H,3-16,21-49H2,1-2H3,(H,55,57)(H,59,60)(H,61,62)/b19-17+,20-18+. The van der Waals surface area contributed by atoms with Crippen LogP contribution in [0, 0.1) is 0 Å². The van der Waals surface area contributed by atoms with E-state index >= 15 is 0 Å². The van der Waals surface area contributed by atoms with Gasteiger partial charge in [-0.25, -0.2) is 9.36 Å². The number of amides is 1. The second-order valence-electron chi connectivity index (χ2n) is 18.8. The minimum Gasteiger partial charge on any atom is -0.480 e. The number of carboxylic acid groups (broad SMARTS) is 1. The highest BCUT2D eigenvalue weighted by Gasteiger charge is 2.28. The SMILES string of the molecule is CCCCCCCC/C=C/CCCCCCCCCCCCCC(=O)NC(COP(=O)(O)OCC(O)COC(=O)CCCCCCCCCCCCC/C=C/CCCCCCCC)C(=O)O. The topological polar surface area (TPSA) is 169 Å². The van der Waals surface area contributed by atoms with E-state index < -0.39 is 57.6 Å². The Hall–Kier alpha value is -2.04. The number of rotatable bonds is 52. The first-order chi connectivity index (χ1) is 32.1. The molecule has 4 N–H and O–H groups in total. The van der Waals surface area contributed by atoms with Crippen molar-refractivity contribution in [3.05, 3.63) is 24.3 Å². The van der Waals surface area contributed by atoms with Gasteiger partial charge in [0.15, 0.2) is 6.04 Å². The zero-order valence-electron chi connectivity index (χ0n) is 42.5. The number of allylic oxidation sites excluding steroid dienone is 4. The van der Waals surface area contributed by atoms with Crippen LogP contribution in [0.2, 0.25) is 0 Å². The molecule has 66 heavy (non-hydrogen) atoms. The zero-order chi connectivity index (χ0) is 48.4. The third-order valence-corrected chi connectivity index (χ3v) is 13.2. The molecule has 0 rings (SSSR count). The van der Waals surface area contributed by atoms with Crippen molar-refractivity contribution in [2.24, 2.45) is 0 Å². The summed E-state index contributed by atoms with van der Waals surface area (Å²) in [7, 11) is -4.76. The highest BCUT2D eigenvalue weighted by atomic mass is 31.2. The van der Waals surface area contributed by atoms with Gasteiger partial charge in [-0.05, 0) is 64.2 Å². The van der Waals surface area contributed by atoms with Gasteiger partial charge >= 0.3 is 19.8 Å². The Kier molecular flexibility index (Phi) is 47.9. The van der Waals surface area contributed by atoms with E-state index in [9.17, 15) is 34.1 Å². The largest absolute Gasteiger partial charge is 0.480 e. The number of hydrogen-bond acceptors (Lipinski definition) is 8. The van der Waals surface area contributed by atoms with Gasteiger partial charge in [-0.2, -0.15) is 0 Å². The molecule has 0 fully saturated rings. The lowest BCUT2D eigenvalue weighted by Gasteiger charge is -2.18. The Labute approximate surface area is 404 Å². The summed E-state index contributed by atoms with van der Waals surface area (Å²) in [5.74, 6) is -2.36. The van der Waals surface area contributed by atoms with Gasteiger partial charge in [0.1, 0.15) is 12.7 Å². The zero-order valence-corrected chi connectivity index (χ0v) is 43.4. The fraction of sp³-hybridized carbons (Fsp3) is 0.870. The van der Waals surface area contributed by atoms with Crippen molar-refractivity contribution in [1.82, 2.24) is 5.32 Å². The number of phosphoric acid groups is 1. The second-order valence-corrected chi connectivity index (χ2v) is 20.2. The van der Waals surface area contributed by atoms with E-state index in [0.29, 0.717) is 12.8 Å². The molecule has 3 unspecified atom stereocenters. The number of ether oxygens (including phenoxy) is 1. The molecular weight excluding hydrogens is 854 g/mol. The van der Waals surface area contributed by atoms with Crippen LogP contribution in [0.25, 0.3) is 0 Å². The molecule has 0 heterocycles. The lowest BCUT2D eigenvalue weighted by molar-refractivity contribution is -0.147. The number of aliphatic hydroxyl groups is 1. The molecule has 0 aromatic heterocycles. The number of phosphoric ester groups is 1. The van der Waals surface area contributed by atoms with Crippen LogP contribution in [0.4, 0.5) is 0 Å². The van der Waals surface area contributed by atoms with E-state index in [-0.39, 0.29) is 12.8 Å². The lowest BCUT2D eigenvalue weighted by atomic mass is 10.0. The first kappa shape index (κ1) is 64.0. The fourth-order valence-electron chi connectivity index (χ4n) is 7.95. The molecule has 0 spiro atoms. The maximum atomic E-state index is 12.4. The molecule has 0 aromatic rings. The lowest BCUT2D eigenvalue weighted by Crippen LogP contribution is -2.43. The third kappa shape index (κ3) is 48.4. The van der Waals surface area contributed by atoms with Crippen LogP contribution in [-0.4, -0.2) is 64.9 Å². The maximum absolute atomic E-state index is 12.4. The van der Waals surface area contributed by atoms with Gasteiger partial charge in [-0.1, -0.05) is 218 Å². The molecule has 0 saturated heterocycles. The highest BCUT2D eigenvalue weighted by Crippen LogP contribution is 2.43. The predicted molar refractivity (Wildman–Crippen MR) is 273 cm³/mol. The maximum Gasteiger partial charge on any atom is 0.472 e. The Morgan fingerprint density at radius 3 is 1.15 bits per heavy atom. The van der Waals surface area contributed by atoms with Crippen molar-refractivity contribution in [3.8, 4) is 0 Å². The average molecular weight is 956 g/mol. The Balaban J connectivity index is 3.78. The van der Waals surface area contributed by atoms with E-state index in [1.54, 1.807) is 0 Å². The minimum absolute atomic E-state index is 0.147. The number of carboxylic acids is 1. The van der Waals surface area contributed by atoms with E-state index in [1.807, 2.05) is 0 Å². The third-order valence-electron chi connectivity index (χ3n) is 12.2. The molecule has 0 saturated carbocycles. The number of carbonyl (C=O) groups is 3. The average Bonchev–Trinajstić information content (AvgIpc) is 3.29. The van der Waals surface area contributed by atoms with Crippen LogP contribution < -0.4 is 5.32 Å². The van der Waals surface area contributed by atoms with Crippen molar-refractivity contribution in [3.63, 3.8) is 0 Å². The van der Waals surface area contributed by atoms with E-state index in [0.717, 1.165) is 38.5 Å². The van der Waals surface area contributed by atoms with Gasteiger partial charge in [-0.3, -0.25) is 18.6 Å². The van der Waals surface area contributed by atoms with Crippen LogP contribution in [-0.2, 0) is 32.7 Å². The summed E-state index contributed by atoms with van der Waals surface area (Å²) in [6, 6.07) is -1.55. The monoisotopic (exact) mass is 956 g/mol. The Bertz CT molecular complexity index is 1210. The quantitative estimate of drug-likeness (QED) is 0.0199. The first-order valence-corrected chi connectivity index (χ1v) is 28.9. The van der Waals surface area contributed by atoms with Crippen LogP contribution >= 0.6 is 7.82 Å². The second kappa shape index (κ2) is 49.4. The predicted octanol–water partition coefficient (Wildman–Crippen LogP) is 15.3. The van der Waals surface area contributed by atoms with Crippen molar-refractivity contribution >= 4 is 25.7 Å². The van der Waals surface area contributed by atoms with Crippen molar-refractivity contribution in [1.29, 1.82) is 0 Å². The van der Waals surface area contributed by atoms with Gasteiger partial charge in [-0.15, -0.1) is 0 Å². The summed E-state index contributed by atoms with van der Waals surface area (Å²) in [5.41, 5.74) is 0. The molecular formula is C54H102NO10P. The molecule has 0 bridgehead atoms. The summed E-state index contributed by atoms with van der Waals surface area (Å²) in [4.78, 5) is 46.2. The number of aliphatic carboxylic acids is 1. The minimum atomic E-state index is -4.76. The van der Waals surface area contributed by atoms with Crippen molar-refractivity contribution in [2.75, 3.05) is 19.8 Å². The Morgan fingerprint density at radius 2 is 0.788 bits per heavy atom. The number of hydrogen-bond donors (Lipinski definition) is 4. The van der Waals surface area contributed by atoms with Gasteiger partial charge in [0, 0.05) is 12.8 Å². The van der Waals surface area contributed by atoms with E-state index in [1.165, 1.54) is 193 Å². The van der Waals surface area contributed by atoms with Crippen LogP contribution in [0.5, 0.6) is 0 Å². The molecule has 12 heteroatoms. The number of unbranched alkanes of at least 4 members (excludes halogenated alkanes) is 34. The van der Waals surface area contributed by atoms with Gasteiger partial charge in [0.2, 0.25) is 5.91 Å². The molecule has 0 aliphatic rings. The number of carbonyl (C=O) groups excluding carboxylic acids is 2. The molecule has 11 nitrogen and oxygen atoms in total. The van der Waals surface area contributed by atoms with E-state index in [2.05, 4.69) is 43.5 Å². The molecule has 0 aromatic carbocycles. The Morgan fingerprint density at radius 1 is 0.470 bits per heavy atom. The molecule has 0 aliphatic heterocycles. The van der Waals surface area contributed by atoms with Crippen LogP contribution in [0.3, 0.4) is 0 Å². The highest BCUT2D eigenvalue weighted by molar-refractivity contribution is 7.47. The van der Waals surface area contributed by atoms with Crippen LogP contribution in [0.1, 0.15) is 271 Å². The molecule has 1 amide bonds. The summed E-state index contributed by atoms with van der Waals surface area (Å²) in [6.45, 7) is 2.64. The smallest absolute Gasteiger partial charge is 0.472 e. The molecule has 388 valence electrons. The van der Waals surface area contributed by atoms with Crippen molar-refractivity contribution < 1.29 is 47.8 Å². The number of aliphatic hydroxyl groups excluding tert-OH is 1. The van der Waals surface area contributed by atoms with E-state index in [4.69, 9.17) is 13.8 Å². The normalized spacial score (nSPS) is 13.6. The summed E-state index contributed by atoms with van der Waals surface area (Å²) in [5, 5.41) is 22.0. The molecule has 3 atom stereocenters. The van der Waals surface area contributed by atoms with Gasteiger partial charge < -0.3 is 25.2 Å². The summed E-state index contributed by atoms with van der Waals surface area (Å²) >= 11 is 0. The summed E-state index contributed by atoms with van der Waals surface area (Å²) in [6.07, 6.45) is 54.8.